The zero-order valence-corrected chi connectivity index (χ0v) is 15.7. The summed E-state index contributed by atoms with van der Waals surface area (Å²) in [6, 6.07) is 26.0. The molecule has 0 N–H and O–H groups in total. The van der Waals surface area contributed by atoms with Crippen LogP contribution in [0.1, 0.15) is 32.6 Å². The molecule has 3 rings (SSSR count). The molecule has 0 aliphatic heterocycles. The van der Waals surface area contributed by atoms with Crippen LogP contribution in [0.25, 0.3) is 5.57 Å². The highest BCUT2D eigenvalue weighted by Gasteiger charge is 2.08. The number of allylic oxidation sites excluding steroid dienone is 1. The third kappa shape index (κ3) is 5.42. The summed E-state index contributed by atoms with van der Waals surface area (Å²) in [5.74, 6) is -0.283. The Bertz CT molecular complexity index is 891. The lowest BCUT2D eigenvalue weighted by molar-refractivity contribution is 0.0509. The SMILES string of the molecule is C=C(Cc1ccc(C(=O)OCCc2ccccc2)cc1)c1ccc(C)cc1. The molecule has 0 fully saturated rings. The van der Waals surface area contributed by atoms with Crippen molar-refractivity contribution in [1.82, 2.24) is 0 Å². The van der Waals surface area contributed by atoms with Gasteiger partial charge in [0.15, 0.2) is 0 Å². The lowest BCUT2D eigenvalue weighted by Crippen LogP contribution is -2.08. The fourth-order valence-electron chi connectivity index (χ4n) is 2.89. The molecule has 0 heterocycles. The van der Waals surface area contributed by atoms with Gasteiger partial charge >= 0.3 is 5.97 Å². The molecule has 0 aliphatic rings. The zero-order chi connectivity index (χ0) is 19.1. The third-order valence-electron chi connectivity index (χ3n) is 4.53. The highest BCUT2D eigenvalue weighted by atomic mass is 16.5. The Morgan fingerprint density at radius 1 is 0.815 bits per heavy atom. The molecule has 3 aromatic carbocycles. The summed E-state index contributed by atoms with van der Waals surface area (Å²) in [6.07, 6.45) is 1.48. The highest BCUT2D eigenvalue weighted by Crippen LogP contribution is 2.19. The van der Waals surface area contributed by atoms with Crippen molar-refractivity contribution in [2.45, 2.75) is 19.8 Å². The number of benzene rings is 3. The van der Waals surface area contributed by atoms with Crippen molar-refractivity contribution in [2.24, 2.45) is 0 Å². The predicted molar refractivity (Wildman–Crippen MR) is 111 cm³/mol. The Balaban J connectivity index is 1.52. The molecule has 0 saturated carbocycles. The second-order valence-electron chi connectivity index (χ2n) is 6.71. The Morgan fingerprint density at radius 3 is 2.11 bits per heavy atom. The first-order chi connectivity index (χ1) is 13.1. The Kier molecular flexibility index (Phi) is 6.22. The first-order valence-corrected chi connectivity index (χ1v) is 9.16. The van der Waals surface area contributed by atoms with Gasteiger partial charge in [0, 0.05) is 6.42 Å². The number of carbonyl (C=O) groups excluding carboxylic acids is 1. The molecule has 0 radical (unpaired) electrons. The van der Waals surface area contributed by atoms with E-state index in [1.165, 1.54) is 5.56 Å². The van der Waals surface area contributed by atoms with Crippen LogP contribution in [-0.2, 0) is 17.6 Å². The number of hydrogen-bond donors (Lipinski definition) is 0. The van der Waals surface area contributed by atoms with E-state index in [2.05, 4.69) is 37.8 Å². The number of ether oxygens (including phenoxy) is 1. The fraction of sp³-hybridized carbons (Fsp3) is 0.160. The maximum atomic E-state index is 12.2. The molecule has 2 heteroatoms. The molecule has 2 nitrogen and oxygen atoms in total. The normalized spacial score (nSPS) is 10.4. The van der Waals surface area contributed by atoms with Crippen molar-refractivity contribution in [2.75, 3.05) is 6.61 Å². The molecule has 0 saturated heterocycles. The van der Waals surface area contributed by atoms with E-state index in [1.807, 2.05) is 54.6 Å². The summed E-state index contributed by atoms with van der Waals surface area (Å²) in [6.45, 7) is 6.64. The molecule has 0 aliphatic carbocycles. The Hall–Kier alpha value is -3.13. The Morgan fingerprint density at radius 2 is 1.44 bits per heavy atom. The van der Waals surface area contributed by atoms with Crippen molar-refractivity contribution in [3.05, 3.63) is 113 Å². The van der Waals surface area contributed by atoms with Crippen molar-refractivity contribution >= 4 is 11.5 Å². The lowest BCUT2D eigenvalue weighted by Gasteiger charge is -2.08. The minimum atomic E-state index is -0.283. The minimum absolute atomic E-state index is 0.283. The second-order valence-corrected chi connectivity index (χ2v) is 6.71. The van der Waals surface area contributed by atoms with Gasteiger partial charge in [0.25, 0.3) is 0 Å². The lowest BCUT2D eigenvalue weighted by atomic mass is 9.98. The third-order valence-corrected chi connectivity index (χ3v) is 4.53. The van der Waals surface area contributed by atoms with Crippen LogP contribution in [0, 0.1) is 6.92 Å². The topological polar surface area (TPSA) is 26.3 Å². The fourth-order valence-corrected chi connectivity index (χ4v) is 2.89. The van der Waals surface area contributed by atoms with E-state index < -0.39 is 0 Å². The first kappa shape index (κ1) is 18.7. The highest BCUT2D eigenvalue weighted by molar-refractivity contribution is 5.89. The van der Waals surface area contributed by atoms with Crippen LogP contribution in [0.15, 0.2) is 85.4 Å². The number of hydrogen-bond acceptors (Lipinski definition) is 2. The molecule has 3 aromatic rings. The average molecular weight is 356 g/mol. The molecule has 0 unspecified atom stereocenters. The van der Waals surface area contributed by atoms with Crippen molar-refractivity contribution in [3.63, 3.8) is 0 Å². The smallest absolute Gasteiger partial charge is 0.338 e. The summed E-state index contributed by atoms with van der Waals surface area (Å²) >= 11 is 0. The largest absolute Gasteiger partial charge is 0.462 e. The van der Waals surface area contributed by atoms with Crippen molar-refractivity contribution in [1.29, 1.82) is 0 Å². The Labute approximate surface area is 161 Å². The molecule has 0 aromatic heterocycles. The van der Waals surface area contributed by atoms with Crippen LogP contribution in [0.3, 0.4) is 0 Å². The van der Waals surface area contributed by atoms with Gasteiger partial charge in [-0.1, -0.05) is 78.9 Å². The summed E-state index contributed by atoms with van der Waals surface area (Å²) in [5, 5.41) is 0. The van der Waals surface area contributed by atoms with Gasteiger partial charge in [0.1, 0.15) is 0 Å². The van der Waals surface area contributed by atoms with Crippen LogP contribution in [-0.4, -0.2) is 12.6 Å². The minimum Gasteiger partial charge on any atom is -0.462 e. The van der Waals surface area contributed by atoms with Crippen LogP contribution in [0.5, 0.6) is 0 Å². The number of carbonyl (C=O) groups is 1. The van der Waals surface area contributed by atoms with Crippen molar-refractivity contribution in [3.8, 4) is 0 Å². The van der Waals surface area contributed by atoms with Gasteiger partial charge in [-0.25, -0.2) is 4.79 Å². The monoisotopic (exact) mass is 356 g/mol. The van der Waals surface area contributed by atoms with Crippen LogP contribution >= 0.6 is 0 Å². The molecular weight excluding hydrogens is 332 g/mol. The average Bonchev–Trinajstić information content (AvgIpc) is 2.70. The van der Waals surface area contributed by atoms with E-state index in [9.17, 15) is 4.79 Å². The number of aryl methyl sites for hydroxylation is 1. The van der Waals surface area contributed by atoms with E-state index in [0.29, 0.717) is 12.2 Å². The van der Waals surface area contributed by atoms with Gasteiger partial charge in [0.05, 0.1) is 12.2 Å². The van der Waals surface area contributed by atoms with E-state index >= 15 is 0 Å². The summed E-state index contributed by atoms with van der Waals surface area (Å²) in [5.41, 5.74) is 6.31. The van der Waals surface area contributed by atoms with Crippen LogP contribution in [0.4, 0.5) is 0 Å². The summed E-state index contributed by atoms with van der Waals surface area (Å²) < 4.78 is 5.38. The molecule has 0 atom stereocenters. The van der Waals surface area contributed by atoms with Gasteiger partial charge in [0.2, 0.25) is 0 Å². The van der Waals surface area contributed by atoms with Crippen LogP contribution < -0.4 is 0 Å². The summed E-state index contributed by atoms with van der Waals surface area (Å²) in [4.78, 5) is 12.2. The van der Waals surface area contributed by atoms with E-state index in [1.54, 1.807) is 0 Å². The summed E-state index contributed by atoms with van der Waals surface area (Å²) in [7, 11) is 0. The van der Waals surface area contributed by atoms with E-state index in [4.69, 9.17) is 4.74 Å². The van der Waals surface area contributed by atoms with Gasteiger partial charge in [-0.2, -0.15) is 0 Å². The number of esters is 1. The van der Waals surface area contributed by atoms with Crippen molar-refractivity contribution < 1.29 is 9.53 Å². The van der Waals surface area contributed by atoms with Gasteiger partial charge in [-0.15, -0.1) is 0 Å². The molecule has 136 valence electrons. The first-order valence-electron chi connectivity index (χ1n) is 9.16. The van der Waals surface area contributed by atoms with Gasteiger partial charge in [-0.3, -0.25) is 0 Å². The van der Waals surface area contributed by atoms with Gasteiger partial charge < -0.3 is 4.74 Å². The standard InChI is InChI=1S/C25H24O2/c1-19-8-12-23(13-9-19)20(2)18-22-10-14-24(15-11-22)25(26)27-17-16-21-6-4-3-5-7-21/h3-15H,2,16-18H2,1H3. The molecular formula is C25H24O2. The maximum absolute atomic E-state index is 12.2. The maximum Gasteiger partial charge on any atom is 0.338 e. The molecule has 0 spiro atoms. The van der Waals surface area contributed by atoms with E-state index in [0.717, 1.165) is 35.1 Å². The molecule has 27 heavy (non-hydrogen) atoms. The number of rotatable bonds is 7. The molecule has 0 amide bonds. The van der Waals surface area contributed by atoms with E-state index in [-0.39, 0.29) is 5.97 Å². The molecule has 0 bridgehead atoms. The quantitative estimate of drug-likeness (QED) is 0.511. The van der Waals surface area contributed by atoms with Crippen LogP contribution in [0.2, 0.25) is 0 Å². The predicted octanol–water partition coefficient (Wildman–Crippen LogP) is 5.65. The second kappa shape index (κ2) is 9.00. The van der Waals surface area contributed by atoms with Gasteiger partial charge in [-0.05, 0) is 47.7 Å². The zero-order valence-electron chi connectivity index (χ0n) is 15.7.